The number of hydrogen-bond donors (Lipinski definition) is 0. The van der Waals surface area contributed by atoms with Crippen molar-refractivity contribution in [1.29, 1.82) is 0 Å². The molecule has 0 amide bonds. The smallest absolute Gasteiger partial charge is 0.203 e. The van der Waals surface area contributed by atoms with Gasteiger partial charge in [0.15, 0.2) is 5.76 Å². The predicted molar refractivity (Wildman–Crippen MR) is 81.0 cm³/mol. The highest BCUT2D eigenvalue weighted by Crippen LogP contribution is 2.28. The Morgan fingerprint density at radius 3 is 2.90 bits per heavy atom. The Bertz CT molecular complexity index is 803. The number of fused-ring (bicyclic) bond motifs is 1. The molecule has 0 fully saturated rings. The standard InChI is InChI=1S/C15H10BrFO2S/c1-8-12-5-10(17)2-3-14(12)19-15(8)13(18)6-11-4-9(16)7-20-11/h2-5,7H,6H2,1H3. The highest BCUT2D eigenvalue weighted by molar-refractivity contribution is 9.10. The molecule has 0 aliphatic heterocycles. The molecule has 0 aliphatic rings. The molecule has 0 saturated heterocycles. The highest BCUT2D eigenvalue weighted by Gasteiger charge is 2.18. The monoisotopic (exact) mass is 352 g/mol. The van der Waals surface area contributed by atoms with Crippen LogP contribution in [-0.4, -0.2) is 5.78 Å². The summed E-state index contributed by atoms with van der Waals surface area (Å²) >= 11 is 4.88. The van der Waals surface area contributed by atoms with Crippen LogP contribution in [0.2, 0.25) is 0 Å². The summed E-state index contributed by atoms with van der Waals surface area (Å²) in [6.45, 7) is 1.78. The van der Waals surface area contributed by atoms with E-state index in [2.05, 4.69) is 15.9 Å². The highest BCUT2D eigenvalue weighted by atomic mass is 79.9. The lowest BCUT2D eigenvalue weighted by atomic mass is 10.1. The van der Waals surface area contributed by atoms with E-state index in [-0.39, 0.29) is 11.6 Å². The number of furan rings is 1. The first-order valence-corrected chi connectivity index (χ1v) is 7.66. The minimum Gasteiger partial charge on any atom is -0.453 e. The summed E-state index contributed by atoms with van der Waals surface area (Å²) in [5.74, 6) is -0.105. The van der Waals surface area contributed by atoms with Crippen molar-refractivity contribution in [2.24, 2.45) is 0 Å². The molecule has 0 aliphatic carbocycles. The lowest BCUT2D eigenvalue weighted by molar-refractivity contribution is 0.0968. The second-order valence-corrected chi connectivity index (χ2v) is 6.44. The van der Waals surface area contributed by atoms with E-state index in [0.29, 0.717) is 28.7 Å². The molecular formula is C15H10BrFO2S. The fourth-order valence-corrected chi connectivity index (χ4v) is 3.59. The minimum absolute atomic E-state index is 0.0894. The number of carbonyl (C=O) groups excluding carboxylic acids is 1. The van der Waals surface area contributed by atoms with E-state index in [9.17, 15) is 9.18 Å². The molecule has 0 saturated carbocycles. The van der Waals surface area contributed by atoms with E-state index in [1.165, 1.54) is 23.5 Å². The molecule has 0 unspecified atom stereocenters. The van der Waals surface area contributed by atoms with Gasteiger partial charge in [0.25, 0.3) is 0 Å². The van der Waals surface area contributed by atoms with Gasteiger partial charge in [-0.05, 0) is 47.1 Å². The maximum Gasteiger partial charge on any atom is 0.203 e. The van der Waals surface area contributed by atoms with E-state index in [4.69, 9.17) is 4.42 Å². The summed E-state index contributed by atoms with van der Waals surface area (Å²) in [6.07, 6.45) is 0.291. The van der Waals surface area contributed by atoms with Gasteiger partial charge in [-0.15, -0.1) is 11.3 Å². The number of rotatable bonds is 3. The quantitative estimate of drug-likeness (QED) is 0.611. The number of halogens is 2. The molecule has 1 aromatic carbocycles. The number of hydrogen-bond acceptors (Lipinski definition) is 3. The van der Waals surface area contributed by atoms with E-state index in [0.717, 1.165) is 9.35 Å². The van der Waals surface area contributed by atoms with E-state index < -0.39 is 0 Å². The zero-order chi connectivity index (χ0) is 14.3. The third-order valence-corrected chi connectivity index (χ3v) is 4.81. The van der Waals surface area contributed by atoms with E-state index >= 15 is 0 Å². The molecule has 3 rings (SSSR count). The predicted octanol–water partition coefficient (Wildman–Crippen LogP) is 5.13. The van der Waals surface area contributed by atoms with Gasteiger partial charge in [0.2, 0.25) is 5.78 Å². The van der Waals surface area contributed by atoms with Crippen LogP contribution in [0, 0.1) is 12.7 Å². The van der Waals surface area contributed by atoms with Crippen molar-refractivity contribution < 1.29 is 13.6 Å². The van der Waals surface area contributed by atoms with Crippen molar-refractivity contribution in [3.05, 3.63) is 56.1 Å². The third kappa shape index (κ3) is 2.43. The minimum atomic E-state index is -0.331. The molecule has 2 nitrogen and oxygen atoms in total. The summed E-state index contributed by atoms with van der Waals surface area (Å²) in [5, 5.41) is 2.59. The molecule has 0 bridgehead atoms. The van der Waals surface area contributed by atoms with Crippen LogP contribution in [-0.2, 0) is 6.42 Å². The molecule has 2 heterocycles. The fourth-order valence-electron chi connectivity index (χ4n) is 2.14. The summed E-state index contributed by atoms with van der Waals surface area (Å²) in [7, 11) is 0. The van der Waals surface area contributed by atoms with Crippen LogP contribution in [0.3, 0.4) is 0 Å². The first-order chi connectivity index (χ1) is 9.54. The fraction of sp³-hybridized carbons (Fsp3) is 0.133. The zero-order valence-corrected chi connectivity index (χ0v) is 13.0. The van der Waals surface area contributed by atoms with Gasteiger partial charge in [-0.3, -0.25) is 4.79 Å². The molecule has 0 atom stereocenters. The average molecular weight is 353 g/mol. The second-order valence-electron chi connectivity index (χ2n) is 4.53. The first kappa shape index (κ1) is 13.5. The molecule has 3 aromatic rings. The van der Waals surface area contributed by atoms with Crippen LogP contribution < -0.4 is 0 Å². The van der Waals surface area contributed by atoms with Gasteiger partial charge in [0, 0.05) is 32.1 Å². The molecule has 2 aromatic heterocycles. The van der Waals surface area contributed by atoms with Crippen molar-refractivity contribution in [2.45, 2.75) is 13.3 Å². The van der Waals surface area contributed by atoms with Crippen molar-refractivity contribution >= 4 is 44.0 Å². The van der Waals surface area contributed by atoms with Gasteiger partial charge in [-0.2, -0.15) is 0 Å². The topological polar surface area (TPSA) is 30.2 Å². The third-order valence-electron chi connectivity index (χ3n) is 3.11. The molecule has 20 heavy (non-hydrogen) atoms. The molecule has 0 radical (unpaired) electrons. The van der Waals surface area contributed by atoms with Gasteiger partial charge < -0.3 is 4.42 Å². The number of benzene rings is 1. The lowest BCUT2D eigenvalue weighted by Crippen LogP contribution is -2.02. The zero-order valence-electron chi connectivity index (χ0n) is 10.6. The molecule has 5 heteroatoms. The van der Waals surface area contributed by atoms with Crippen molar-refractivity contribution in [1.82, 2.24) is 0 Å². The van der Waals surface area contributed by atoms with E-state index in [1.54, 1.807) is 13.0 Å². The Hall–Kier alpha value is -1.46. The number of ketones is 1. The Labute approximate surface area is 127 Å². The van der Waals surface area contributed by atoms with Crippen LogP contribution in [0.15, 0.2) is 38.5 Å². The molecule has 0 spiro atoms. The van der Waals surface area contributed by atoms with Crippen molar-refractivity contribution in [3.8, 4) is 0 Å². The number of thiophene rings is 1. The number of Topliss-reactive ketones (excluding diaryl/α,β-unsaturated/α-hetero) is 1. The largest absolute Gasteiger partial charge is 0.453 e. The maximum atomic E-state index is 13.2. The Morgan fingerprint density at radius 2 is 2.20 bits per heavy atom. The van der Waals surface area contributed by atoms with Gasteiger partial charge >= 0.3 is 0 Å². The van der Waals surface area contributed by atoms with Crippen LogP contribution in [0.1, 0.15) is 21.0 Å². The first-order valence-electron chi connectivity index (χ1n) is 5.99. The Kier molecular flexibility index (Phi) is 3.48. The number of aryl methyl sites for hydroxylation is 1. The summed E-state index contributed by atoms with van der Waals surface area (Å²) in [5.41, 5.74) is 1.24. The summed E-state index contributed by atoms with van der Waals surface area (Å²) in [4.78, 5) is 13.3. The SMILES string of the molecule is Cc1c(C(=O)Cc2cc(Br)cs2)oc2ccc(F)cc12. The second kappa shape index (κ2) is 5.14. The van der Waals surface area contributed by atoms with Crippen molar-refractivity contribution in [2.75, 3.05) is 0 Å². The van der Waals surface area contributed by atoms with Crippen LogP contribution in [0.5, 0.6) is 0 Å². The van der Waals surface area contributed by atoms with Gasteiger partial charge in [0.05, 0.1) is 0 Å². The normalized spacial score (nSPS) is 11.2. The van der Waals surface area contributed by atoms with Crippen molar-refractivity contribution in [3.63, 3.8) is 0 Å². The summed E-state index contributed by atoms with van der Waals surface area (Å²) < 4.78 is 19.8. The average Bonchev–Trinajstić information content (AvgIpc) is 2.94. The molecule has 0 N–H and O–H groups in total. The van der Waals surface area contributed by atoms with Gasteiger partial charge in [-0.25, -0.2) is 4.39 Å². The van der Waals surface area contributed by atoms with Crippen LogP contribution in [0.4, 0.5) is 4.39 Å². The molecule has 102 valence electrons. The maximum absolute atomic E-state index is 13.2. The van der Waals surface area contributed by atoms with Gasteiger partial charge in [0.1, 0.15) is 11.4 Å². The molecular weight excluding hydrogens is 343 g/mol. The van der Waals surface area contributed by atoms with E-state index in [1.807, 2.05) is 11.4 Å². The van der Waals surface area contributed by atoms with Crippen LogP contribution >= 0.6 is 27.3 Å². The Balaban J connectivity index is 1.97. The van der Waals surface area contributed by atoms with Gasteiger partial charge in [-0.1, -0.05) is 0 Å². The number of carbonyl (C=O) groups is 1. The van der Waals surface area contributed by atoms with Crippen LogP contribution in [0.25, 0.3) is 11.0 Å². The summed E-state index contributed by atoms with van der Waals surface area (Å²) in [6, 6.07) is 6.19. The Morgan fingerprint density at radius 1 is 1.40 bits per heavy atom. The lowest BCUT2D eigenvalue weighted by Gasteiger charge is -1.96.